The molecule has 1 aromatic rings. The molecule has 2 N–H and O–H groups in total. The average Bonchev–Trinajstić information content (AvgIpc) is 3.33. The van der Waals surface area contributed by atoms with Crippen LogP contribution in [0.4, 0.5) is 10.5 Å². The normalized spacial score (nSPS) is 21.8. The number of urea groups is 1. The van der Waals surface area contributed by atoms with Gasteiger partial charge in [0.25, 0.3) is 10.0 Å². The predicted octanol–water partition coefficient (Wildman–Crippen LogP) is 2.81. The lowest BCUT2D eigenvalue weighted by Gasteiger charge is -2.16. The highest BCUT2D eigenvalue weighted by Gasteiger charge is 2.25. The number of ether oxygens (including phenoxy) is 1. The average molecular weight is 376 g/mol. The van der Waals surface area contributed by atoms with E-state index in [4.69, 9.17) is 4.74 Å². The lowest BCUT2D eigenvalue weighted by molar-refractivity contribution is 0.145. The van der Waals surface area contributed by atoms with Crippen LogP contribution in [0.15, 0.2) is 17.6 Å². The number of sulfonamides is 1. The summed E-state index contributed by atoms with van der Waals surface area (Å²) in [5.74, 6) is 0. The molecule has 0 bridgehead atoms. The first-order valence-corrected chi connectivity index (χ1v) is 10.9. The lowest BCUT2D eigenvalue weighted by atomic mass is 9.99. The van der Waals surface area contributed by atoms with E-state index in [1.165, 1.54) is 28.3 Å². The number of aryl methyl sites for hydroxylation is 2. The fourth-order valence-corrected chi connectivity index (χ4v) is 4.97. The maximum absolute atomic E-state index is 12.4. The number of anilines is 1. The lowest BCUT2D eigenvalue weighted by Crippen LogP contribution is -2.33. The van der Waals surface area contributed by atoms with Crippen molar-refractivity contribution in [1.82, 2.24) is 4.72 Å². The molecule has 140 valence electrons. The molecule has 1 aromatic carbocycles. The molecule has 2 amide bonds. The van der Waals surface area contributed by atoms with Gasteiger partial charge < -0.3 is 10.1 Å². The van der Waals surface area contributed by atoms with Crippen molar-refractivity contribution in [2.24, 2.45) is 0 Å². The third kappa shape index (κ3) is 3.64. The Hall–Kier alpha value is -1.86. The van der Waals surface area contributed by atoms with Gasteiger partial charge in [0.2, 0.25) is 0 Å². The first kappa shape index (κ1) is 17.5. The zero-order valence-electron chi connectivity index (χ0n) is 14.7. The second kappa shape index (κ2) is 7.04. The number of hydrogen-bond donors (Lipinski definition) is 2. The Kier molecular flexibility index (Phi) is 4.75. The summed E-state index contributed by atoms with van der Waals surface area (Å²) in [6, 6.07) is 1.57. The summed E-state index contributed by atoms with van der Waals surface area (Å²) in [5, 5.41) is 3.86. The van der Waals surface area contributed by atoms with Crippen LogP contribution in [0.1, 0.15) is 47.9 Å². The Morgan fingerprint density at radius 2 is 1.77 bits per heavy atom. The van der Waals surface area contributed by atoms with Crippen LogP contribution >= 0.6 is 0 Å². The molecule has 3 aliphatic rings. The van der Waals surface area contributed by atoms with Crippen molar-refractivity contribution < 1.29 is 17.9 Å². The third-order valence-corrected chi connectivity index (χ3v) is 6.37. The van der Waals surface area contributed by atoms with Crippen molar-refractivity contribution >= 4 is 21.7 Å². The molecule has 7 heteroatoms. The van der Waals surface area contributed by atoms with Crippen molar-refractivity contribution in [3.8, 4) is 0 Å². The number of hydrogen-bond acceptors (Lipinski definition) is 4. The summed E-state index contributed by atoms with van der Waals surface area (Å²) in [6.07, 6.45) is 9.13. The predicted molar refractivity (Wildman–Crippen MR) is 99.7 cm³/mol. The quantitative estimate of drug-likeness (QED) is 0.846. The molecule has 4 rings (SSSR count). The van der Waals surface area contributed by atoms with Crippen LogP contribution in [0.5, 0.6) is 0 Å². The van der Waals surface area contributed by atoms with Gasteiger partial charge in [0, 0.05) is 17.7 Å². The second-order valence-electron chi connectivity index (χ2n) is 7.22. The summed E-state index contributed by atoms with van der Waals surface area (Å²) >= 11 is 0. The first-order valence-electron chi connectivity index (χ1n) is 9.32. The van der Waals surface area contributed by atoms with E-state index in [0.717, 1.165) is 62.5 Å². The van der Waals surface area contributed by atoms with Gasteiger partial charge in [0.15, 0.2) is 0 Å². The summed E-state index contributed by atoms with van der Waals surface area (Å²) < 4.78 is 31.7. The summed E-state index contributed by atoms with van der Waals surface area (Å²) in [4.78, 5) is 12.4. The Morgan fingerprint density at radius 3 is 2.38 bits per heavy atom. The van der Waals surface area contributed by atoms with E-state index < -0.39 is 16.1 Å². The second-order valence-corrected chi connectivity index (χ2v) is 8.78. The van der Waals surface area contributed by atoms with E-state index in [-0.39, 0.29) is 6.10 Å². The minimum atomic E-state index is -3.84. The number of carbonyl (C=O) groups excluding carboxylic acids is 1. The molecule has 6 nitrogen and oxygen atoms in total. The number of nitrogens with one attached hydrogen (secondary N) is 2. The molecule has 0 saturated carbocycles. The SMILES string of the molecule is O=C(Nc1c2c(cc3c1CCC3)CCC2)NS(=O)(=O)/C=C/C1CCCO1. The molecule has 1 saturated heterocycles. The number of carbonyl (C=O) groups is 1. The van der Waals surface area contributed by atoms with Crippen molar-refractivity contribution in [3.05, 3.63) is 39.8 Å². The fraction of sp³-hybridized carbons (Fsp3) is 0.526. The molecule has 0 radical (unpaired) electrons. The molecular weight excluding hydrogens is 352 g/mol. The molecule has 0 spiro atoms. The van der Waals surface area contributed by atoms with E-state index in [9.17, 15) is 13.2 Å². The number of fused-ring (bicyclic) bond motifs is 2. The van der Waals surface area contributed by atoms with Gasteiger partial charge in [-0.25, -0.2) is 17.9 Å². The highest BCUT2D eigenvalue weighted by atomic mass is 32.2. The smallest absolute Gasteiger partial charge is 0.333 e. The molecule has 1 aliphatic heterocycles. The third-order valence-electron chi connectivity index (χ3n) is 5.38. The zero-order chi connectivity index (χ0) is 18.1. The summed E-state index contributed by atoms with van der Waals surface area (Å²) in [7, 11) is -3.84. The van der Waals surface area contributed by atoms with E-state index >= 15 is 0 Å². The Bertz CT molecular complexity index is 823. The minimum absolute atomic E-state index is 0.185. The van der Waals surface area contributed by atoms with Crippen LogP contribution in [-0.4, -0.2) is 27.2 Å². The zero-order valence-corrected chi connectivity index (χ0v) is 15.5. The number of benzene rings is 1. The van der Waals surface area contributed by atoms with Crippen molar-refractivity contribution in [2.45, 2.75) is 57.5 Å². The van der Waals surface area contributed by atoms with E-state index in [1.54, 1.807) is 0 Å². The van der Waals surface area contributed by atoms with E-state index in [0.29, 0.717) is 6.61 Å². The first-order chi connectivity index (χ1) is 12.5. The number of rotatable bonds is 4. The van der Waals surface area contributed by atoms with Gasteiger partial charge in [-0.15, -0.1) is 0 Å². The molecule has 1 unspecified atom stereocenters. The molecule has 0 aromatic heterocycles. The molecule has 1 atom stereocenters. The Balaban J connectivity index is 1.49. The standard InChI is InChI=1S/C19H24N2O4S/c22-19(21-26(23,24)11-9-15-6-3-10-25-15)20-18-16-7-1-4-13(16)12-14-5-2-8-17(14)18/h9,11-12,15H,1-8,10H2,(H2,20,21,22)/b11-9+. The van der Waals surface area contributed by atoms with Gasteiger partial charge in [0.05, 0.1) is 6.10 Å². The van der Waals surface area contributed by atoms with Gasteiger partial charge in [-0.1, -0.05) is 6.07 Å². The molecule has 1 fully saturated rings. The van der Waals surface area contributed by atoms with E-state index in [1.807, 2.05) is 0 Å². The monoisotopic (exact) mass is 376 g/mol. The van der Waals surface area contributed by atoms with Crippen LogP contribution < -0.4 is 10.0 Å². The van der Waals surface area contributed by atoms with Crippen molar-refractivity contribution in [1.29, 1.82) is 0 Å². The fourth-order valence-electron chi connectivity index (χ4n) is 4.21. The van der Waals surface area contributed by atoms with Gasteiger partial charge in [-0.2, -0.15) is 0 Å². The minimum Gasteiger partial charge on any atom is -0.374 e. The van der Waals surface area contributed by atoms with Gasteiger partial charge >= 0.3 is 6.03 Å². The maximum atomic E-state index is 12.4. The van der Waals surface area contributed by atoms with Crippen LogP contribution in [0.2, 0.25) is 0 Å². The van der Waals surface area contributed by atoms with Crippen LogP contribution in [0.3, 0.4) is 0 Å². The largest absolute Gasteiger partial charge is 0.374 e. The molecule has 26 heavy (non-hydrogen) atoms. The van der Waals surface area contributed by atoms with Crippen LogP contribution in [-0.2, 0) is 40.4 Å². The van der Waals surface area contributed by atoms with Crippen molar-refractivity contribution in [3.63, 3.8) is 0 Å². The summed E-state index contributed by atoms with van der Waals surface area (Å²) in [6.45, 7) is 0.646. The van der Waals surface area contributed by atoms with E-state index in [2.05, 4.69) is 16.1 Å². The summed E-state index contributed by atoms with van der Waals surface area (Å²) in [5.41, 5.74) is 5.77. The topological polar surface area (TPSA) is 84.5 Å². The Morgan fingerprint density at radius 1 is 1.08 bits per heavy atom. The highest BCUT2D eigenvalue weighted by molar-refractivity contribution is 7.92. The Labute approximate surface area is 154 Å². The maximum Gasteiger partial charge on any atom is 0.333 e. The van der Waals surface area contributed by atoms with Gasteiger partial charge in [-0.3, -0.25) is 0 Å². The number of amides is 2. The molecular formula is C19H24N2O4S. The van der Waals surface area contributed by atoms with Crippen molar-refractivity contribution in [2.75, 3.05) is 11.9 Å². The highest BCUT2D eigenvalue weighted by Crippen LogP contribution is 2.38. The van der Waals surface area contributed by atoms with Gasteiger partial charge in [0.1, 0.15) is 0 Å². The van der Waals surface area contributed by atoms with Gasteiger partial charge in [-0.05, 0) is 79.7 Å². The molecule has 2 aliphatic carbocycles. The molecule has 1 heterocycles. The van der Waals surface area contributed by atoms with Crippen LogP contribution in [0, 0.1) is 0 Å². The van der Waals surface area contributed by atoms with Crippen LogP contribution in [0.25, 0.3) is 0 Å².